The first-order chi connectivity index (χ1) is 11.1. The van der Waals surface area contributed by atoms with Crippen LogP contribution in [0.5, 0.6) is 0 Å². The monoisotopic (exact) mass is 319 g/mol. The summed E-state index contributed by atoms with van der Waals surface area (Å²) in [5.74, 6) is -0.582. The smallest absolute Gasteiger partial charge is 0.249 e. The number of carbonyl (C=O) groups is 2. The minimum atomic E-state index is -0.486. The van der Waals surface area contributed by atoms with Crippen molar-refractivity contribution < 1.29 is 14.0 Å². The molecule has 2 fully saturated rings. The van der Waals surface area contributed by atoms with E-state index in [0.717, 1.165) is 37.9 Å². The van der Waals surface area contributed by atoms with E-state index >= 15 is 0 Å². The standard InChI is InChI=1S/C17H22FN3O2/c18-14-10-12(20-15-5-6-16(22)21-17(15)23)3-4-13(14)11-2-1-8-19-9-7-11/h3-4,10-11,15,19-20H,1-2,5-9H2,(H,21,22,23). The summed E-state index contributed by atoms with van der Waals surface area (Å²) in [6.07, 6.45) is 3.72. The molecule has 2 atom stereocenters. The molecule has 2 aliphatic rings. The summed E-state index contributed by atoms with van der Waals surface area (Å²) in [7, 11) is 0. The van der Waals surface area contributed by atoms with Gasteiger partial charge in [-0.25, -0.2) is 4.39 Å². The number of hydrogen-bond acceptors (Lipinski definition) is 4. The lowest BCUT2D eigenvalue weighted by molar-refractivity contribution is -0.133. The number of benzene rings is 1. The van der Waals surface area contributed by atoms with E-state index in [-0.39, 0.29) is 23.5 Å². The molecular formula is C17H22FN3O2. The van der Waals surface area contributed by atoms with Crippen molar-refractivity contribution in [3.8, 4) is 0 Å². The molecule has 1 aromatic rings. The Morgan fingerprint density at radius 2 is 2.00 bits per heavy atom. The number of rotatable bonds is 3. The van der Waals surface area contributed by atoms with Gasteiger partial charge in [0, 0.05) is 12.1 Å². The molecule has 3 N–H and O–H groups in total. The van der Waals surface area contributed by atoms with Crippen LogP contribution in [0.4, 0.5) is 10.1 Å². The number of halogens is 1. The molecule has 3 rings (SSSR count). The number of imide groups is 1. The third kappa shape index (κ3) is 3.88. The Balaban J connectivity index is 1.69. The number of amides is 2. The van der Waals surface area contributed by atoms with Crippen LogP contribution in [-0.2, 0) is 9.59 Å². The van der Waals surface area contributed by atoms with Gasteiger partial charge in [-0.15, -0.1) is 0 Å². The SMILES string of the molecule is O=C1CCC(Nc2ccc(C3CCCNCC3)c(F)c2)C(=O)N1. The van der Waals surface area contributed by atoms with Gasteiger partial charge in [0.1, 0.15) is 11.9 Å². The lowest BCUT2D eigenvalue weighted by atomic mass is 9.91. The minimum Gasteiger partial charge on any atom is -0.374 e. The lowest BCUT2D eigenvalue weighted by Crippen LogP contribution is -2.47. The van der Waals surface area contributed by atoms with E-state index in [1.54, 1.807) is 0 Å². The molecule has 0 aromatic heterocycles. The van der Waals surface area contributed by atoms with Gasteiger partial charge in [-0.1, -0.05) is 6.07 Å². The molecule has 1 aromatic carbocycles. The summed E-state index contributed by atoms with van der Waals surface area (Å²) >= 11 is 0. The maximum Gasteiger partial charge on any atom is 0.249 e. The van der Waals surface area contributed by atoms with Crippen molar-refractivity contribution >= 4 is 17.5 Å². The van der Waals surface area contributed by atoms with Gasteiger partial charge in [-0.2, -0.15) is 0 Å². The minimum absolute atomic E-state index is 0.228. The second kappa shape index (κ2) is 7.08. The first-order valence-electron chi connectivity index (χ1n) is 8.24. The van der Waals surface area contributed by atoms with E-state index in [1.165, 1.54) is 6.07 Å². The molecule has 2 heterocycles. The highest BCUT2D eigenvalue weighted by Crippen LogP contribution is 2.30. The average molecular weight is 319 g/mol. The number of nitrogens with one attached hydrogen (secondary N) is 3. The average Bonchev–Trinajstić information content (AvgIpc) is 2.79. The number of anilines is 1. The van der Waals surface area contributed by atoms with E-state index in [0.29, 0.717) is 18.5 Å². The maximum atomic E-state index is 14.5. The highest BCUT2D eigenvalue weighted by atomic mass is 19.1. The van der Waals surface area contributed by atoms with Crippen LogP contribution in [0.2, 0.25) is 0 Å². The van der Waals surface area contributed by atoms with Crippen molar-refractivity contribution in [3.63, 3.8) is 0 Å². The van der Waals surface area contributed by atoms with Crippen molar-refractivity contribution in [2.24, 2.45) is 0 Å². The third-order valence-electron chi connectivity index (χ3n) is 4.60. The largest absolute Gasteiger partial charge is 0.374 e. The van der Waals surface area contributed by atoms with E-state index in [4.69, 9.17) is 0 Å². The van der Waals surface area contributed by atoms with Gasteiger partial charge in [0.15, 0.2) is 0 Å². The summed E-state index contributed by atoms with van der Waals surface area (Å²) in [5, 5.41) is 8.64. The fraction of sp³-hybridized carbons (Fsp3) is 0.529. The summed E-state index contributed by atoms with van der Waals surface area (Å²) in [5.41, 5.74) is 1.33. The predicted octanol–water partition coefficient (Wildman–Crippen LogP) is 1.90. The van der Waals surface area contributed by atoms with E-state index in [9.17, 15) is 14.0 Å². The molecule has 2 unspecified atom stereocenters. The predicted molar refractivity (Wildman–Crippen MR) is 85.7 cm³/mol. The topological polar surface area (TPSA) is 70.2 Å². The molecular weight excluding hydrogens is 297 g/mol. The second-order valence-corrected chi connectivity index (χ2v) is 6.26. The molecule has 2 amide bonds. The Kier molecular flexibility index (Phi) is 4.91. The van der Waals surface area contributed by atoms with Crippen LogP contribution >= 0.6 is 0 Å². The van der Waals surface area contributed by atoms with E-state index in [2.05, 4.69) is 16.0 Å². The fourth-order valence-corrected chi connectivity index (χ4v) is 3.31. The zero-order chi connectivity index (χ0) is 16.2. The van der Waals surface area contributed by atoms with Crippen LogP contribution in [0, 0.1) is 5.82 Å². The second-order valence-electron chi connectivity index (χ2n) is 6.26. The molecule has 6 heteroatoms. The molecule has 0 radical (unpaired) electrons. The summed E-state index contributed by atoms with van der Waals surface area (Å²) in [4.78, 5) is 22.9. The van der Waals surface area contributed by atoms with Crippen LogP contribution in [0.15, 0.2) is 18.2 Å². The molecule has 0 bridgehead atoms. The van der Waals surface area contributed by atoms with Crippen LogP contribution in [0.3, 0.4) is 0 Å². The normalized spacial score (nSPS) is 25.6. The van der Waals surface area contributed by atoms with Gasteiger partial charge < -0.3 is 10.6 Å². The van der Waals surface area contributed by atoms with Crippen molar-refractivity contribution in [2.45, 2.75) is 44.1 Å². The highest BCUT2D eigenvalue weighted by molar-refractivity contribution is 6.01. The van der Waals surface area contributed by atoms with Crippen molar-refractivity contribution in [3.05, 3.63) is 29.6 Å². The summed E-state index contributed by atoms with van der Waals surface area (Å²) in [6, 6.07) is 4.61. The number of hydrogen-bond donors (Lipinski definition) is 3. The first kappa shape index (κ1) is 15.9. The lowest BCUT2D eigenvalue weighted by Gasteiger charge is -2.23. The molecule has 2 saturated heterocycles. The van der Waals surface area contributed by atoms with Gasteiger partial charge in [-0.05, 0) is 62.4 Å². The summed E-state index contributed by atoms with van der Waals surface area (Å²) < 4.78 is 14.5. The van der Waals surface area contributed by atoms with Gasteiger partial charge in [0.05, 0.1) is 0 Å². The van der Waals surface area contributed by atoms with Crippen LogP contribution in [0.1, 0.15) is 43.6 Å². The molecule has 2 aliphatic heterocycles. The van der Waals surface area contributed by atoms with Crippen molar-refractivity contribution in [2.75, 3.05) is 18.4 Å². The van der Waals surface area contributed by atoms with Crippen LogP contribution in [-0.4, -0.2) is 30.9 Å². The molecule has 23 heavy (non-hydrogen) atoms. The van der Waals surface area contributed by atoms with Gasteiger partial charge in [-0.3, -0.25) is 14.9 Å². The third-order valence-corrected chi connectivity index (χ3v) is 4.60. The molecule has 5 nitrogen and oxygen atoms in total. The first-order valence-corrected chi connectivity index (χ1v) is 8.24. The van der Waals surface area contributed by atoms with Crippen LogP contribution < -0.4 is 16.0 Å². The Labute approximate surface area is 135 Å². The maximum absolute atomic E-state index is 14.5. The highest BCUT2D eigenvalue weighted by Gasteiger charge is 2.26. The molecule has 0 aliphatic carbocycles. The van der Waals surface area contributed by atoms with Gasteiger partial charge >= 0.3 is 0 Å². The van der Waals surface area contributed by atoms with E-state index < -0.39 is 6.04 Å². The molecule has 0 spiro atoms. The zero-order valence-electron chi connectivity index (χ0n) is 13.0. The molecule has 0 saturated carbocycles. The Hall–Kier alpha value is -1.95. The Bertz CT molecular complexity index is 598. The Morgan fingerprint density at radius 1 is 1.13 bits per heavy atom. The fourth-order valence-electron chi connectivity index (χ4n) is 3.31. The van der Waals surface area contributed by atoms with Gasteiger partial charge in [0.25, 0.3) is 0 Å². The van der Waals surface area contributed by atoms with Crippen molar-refractivity contribution in [1.29, 1.82) is 0 Å². The quantitative estimate of drug-likeness (QED) is 0.744. The summed E-state index contributed by atoms with van der Waals surface area (Å²) in [6.45, 7) is 1.91. The van der Waals surface area contributed by atoms with E-state index in [1.807, 2.05) is 12.1 Å². The van der Waals surface area contributed by atoms with Crippen molar-refractivity contribution in [1.82, 2.24) is 10.6 Å². The molecule has 124 valence electrons. The Morgan fingerprint density at radius 3 is 2.78 bits per heavy atom. The number of carbonyl (C=O) groups excluding carboxylic acids is 2. The number of piperidine rings is 1. The van der Waals surface area contributed by atoms with Crippen LogP contribution in [0.25, 0.3) is 0 Å². The van der Waals surface area contributed by atoms with Gasteiger partial charge in [0.2, 0.25) is 11.8 Å². The zero-order valence-corrected chi connectivity index (χ0v) is 13.0.